The highest BCUT2D eigenvalue weighted by Gasteiger charge is 2.38. The van der Waals surface area contributed by atoms with Crippen molar-refractivity contribution in [2.75, 3.05) is 58.4 Å². The van der Waals surface area contributed by atoms with Crippen molar-refractivity contribution >= 4 is 39.4 Å². The van der Waals surface area contributed by atoms with Gasteiger partial charge in [0.25, 0.3) is 0 Å². The highest BCUT2D eigenvalue weighted by atomic mass is 32.1. The lowest BCUT2D eigenvalue weighted by molar-refractivity contribution is -0.116. The summed E-state index contributed by atoms with van der Waals surface area (Å²) >= 11 is 1.59. The van der Waals surface area contributed by atoms with E-state index in [4.69, 9.17) is 13.8 Å². The highest BCUT2D eigenvalue weighted by Crippen LogP contribution is 2.39. The Kier molecular flexibility index (Phi) is 7.20. The van der Waals surface area contributed by atoms with E-state index in [1.807, 2.05) is 18.2 Å². The largest absolute Gasteiger partial charge is 0.493 e. The van der Waals surface area contributed by atoms with Gasteiger partial charge in [0.2, 0.25) is 5.91 Å². The zero-order valence-corrected chi connectivity index (χ0v) is 21.1. The molecule has 2 atom stereocenters. The monoisotopic (exact) mass is 492 g/mol. The Morgan fingerprint density at radius 3 is 2.71 bits per heavy atom. The Morgan fingerprint density at radius 2 is 1.91 bits per heavy atom. The molecule has 2 heterocycles. The number of anilines is 1. The third kappa shape index (κ3) is 5.44. The first-order valence-electron chi connectivity index (χ1n) is 12.1. The van der Waals surface area contributed by atoms with Crippen molar-refractivity contribution in [2.24, 2.45) is 11.8 Å². The molecule has 2 aromatic carbocycles. The number of ether oxygens (including phenoxy) is 2. The summed E-state index contributed by atoms with van der Waals surface area (Å²) in [6.07, 6.45) is 4.52. The molecule has 1 aliphatic heterocycles. The molecule has 1 aliphatic carbocycles. The van der Waals surface area contributed by atoms with E-state index in [1.165, 1.54) is 16.5 Å². The van der Waals surface area contributed by atoms with Crippen LogP contribution in [0.15, 0.2) is 48.5 Å². The van der Waals surface area contributed by atoms with E-state index in [1.54, 1.807) is 37.9 Å². The number of methoxy groups -OCH3 is 2. The molecule has 184 valence electrons. The minimum Gasteiger partial charge on any atom is -0.493 e. The second-order valence-corrected chi connectivity index (χ2v) is 10.0. The summed E-state index contributed by atoms with van der Waals surface area (Å²) in [7, 11) is 3.20. The number of rotatable bonds is 9. The second-order valence-electron chi connectivity index (χ2n) is 9.21. The molecule has 1 saturated heterocycles. The van der Waals surface area contributed by atoms with Gasteiger partial charge < -0.3 is 19.7 Å². The van der Waals surface area contributed by atoms with Crippen LogP contribution in [0.2, 0.25) is 0 Å². The van der Waals surface area contributed by atoms with Crippen LogP contribution < -0.4 is 19.7 Å². The SMILES string of the molecule is COc1cccc(C=CC(=O)NCC2CC2CN2CCN(c3nsc4ccccc34)CC2)c1OC. The van der Waals surface area contributed by atoms with Gasteiger partial charge in [-0.05, 0) is 54.1 Å². The van der Waals surface area contributed by atoms with Gasteiger partial charge in [0.15, 0.2) is 11.5 Å². The molecule has 7 nitrogen and oxygen atoms in total. The van der Waals surface area contributed by atoms with Crippen molar-refractivity contribution in [3.8, 4) is 11.5 Å². The molecule has 3 aromatic rings. The van der Waals surface area contributed by atoms with E-state index < -0.39 is 0 Å². The zero-order chi connectivity index (χ0) is 24.2. The van der Waals surface area contributed by atoms with Gasteiger partial charge in [0, 0.05) is 56.3 Å². The average molecular weight is 493 g/mol. The predicted octanol–water partition coefficient (Wildman–Crippen LogP) is 3.90. The van der Waals surface area contributed by atoms with Crippen LogP contribution in [0.5, 0.6) is 11.5 Å². The van der Waals surface area contributed by atoms with Crippen molar-refractivity contribution in [2.45, 2.75) is 6.42 Å². The molecule has 8 heteroatoms. The maximum atomic E-state index is 12.4. The Balaban J connectivity index is 1.04. The van der Waals surface area contributed by atoms with Gasteiger partial charge in [-0.25, -0.2) is 0 Å². The van der Waals surface area contributed by atoms with E-state index >= 15 is 0 Å². The lowest BCUT2D eigenvalue weighted by atomic mass is 10.1. The van der Waals surface area contributed by atoms with Gasteiger partial charge in [0.05, 0.1) is 18.9 Å². The highest BCUT2D eigenvalue weighted by molar-refractivity contribution is 7.13. The molecular weight excluding hydrogens is 460 g/mol. The Hall–Kier alpha value is -3.10. The number of amides is 1. The van der Waals surface area contributed by atoms with E-state index in [0.717, 1.165) is 50.6 Å². The van der Waals surface area contributed by atoms with E-state index in [2.05, 4.69) is 39.4 Å². The number of hydrogen-bond acceptors (Lipinski definition) is 7. The summed E-state index contributed by atoms with van der Waals surface area (Å²) in [5.74, 6) is 3.58. The minimum absolute atomic E-state index is 0.0790. The molecule has 0 bridgehead atoms. The summed E-state index contributed by atoms with van der Waals surface area (Å²) in [4.78, 5) is 17.3. The van der Waals surface area contributed by atoms with Gasteiger partial charge in [0.1, 0.15) is 5.82 Å². The van der Waals surface area contributed by atoms with Crippen molar-refractivity contribution in [3.63, 3.8) is 0 Å². The van der Waals surface area contributed by atoms with Gasteiger partial charge in [-0.3, -0.25) is 9.69 Å². The maximum absolute atomic E-state index is 12.4. The van der Waals surface area contributed by atoms with Crippen LogP contribution in [-0.2, 0) is 4.79 Å². The van der Waals surface area contributed by atoms with Crippen LogP contribution in [-0.4, -0.2) is 68.7 Å². The number of nitrogens with one attached hydrogen (secondary N) is 1. The normalized spacial score (nSPS) is 20.3. The minimum atomic E-state index is -0.0790. The van der Waals surface area contributed by atoms with Crippen LogP contribution in [0.4, 0.5) is 5.82 Å². The standard InChI is InChI=1S/C27H32N4O3S/c1-33-23-8-5-6-19(26(23)34-2)10-11-25(32)28-17-20-16-21(20)18-30-12-14-31(15-13-30)27-22-7-3-4-9-24(22)35-29-27/h3-11,20-21H,12-18H2,1-2H3,(H,28,32). The van der Waals surface area contributed by atoms with Crippen molar-refractivity contribution in [1.29, 1.82) is 0 Å². The van der Waals surface area contributed by atoms with Crippen molar-refractivity contribution < 1.29 is 14.3 Å². The van der Waals surface area contributed by atoms with Gasteiger partial charge >= 0.3 is 0 Å². The average Bonchev–Trinajstić information content (AvgIpc) is 3.49. The summed E-state index contributed by atoms with van der Waals surface area (Å²) in [6.45, 7) is 6.00. The topological polar surface area (TPSA) is 66.9 Å². The molecule has 0 radical (unpaired) electrons. The molecule has 1 N–H and O–H groups in total. The molecule has 5 rings (SSSR count). The van der Waals surface area contributed by atoms with Crippen LogP contribution in [0, 0.1) is 11.8 Å². The van der Waals surface area contributed by atoms with Crippen molar-refractivity contribution in [1.82, 2.24) is 14.6 Å². The lowest BCUT2D eigenvalue weighted by Gasteiger charge is -2.35. The quantitative estimate of drug-likeness (QED) is 0.457. The number of aromatic nitrogens is 1. The fourth-order valence-corrected chi connectivity index (χ4v) is 5.65. The molecule has 1 amide bonds. The number of carbonyl (C=O) groups excluding carboxylic acids is 1. The summed E-state index contributed by atoms with van der Waals surface area (Å²) in [5, 5.41) is 4.33. The third-order valence-corrected chi connectivity index (χ3v) is 7.80. The summed E-state index contributed by atoms with van der Waals surface area (Å²) < 4.78 is 16.7. The lowest BCUT2D eigenvalue weighted by Crippen LogP contribution is -2.47. The fourth-order valence-electron chi connectivity index (χ4n) is 4.86. The number of nitrogens with zero attached hydrogens (tertiary/aromatic N) is 3. The maximum Gasteiger partial charge on any atom is 0.244 e. The Morgan fingerprint density at radius 1 is 1.09 bits per heavy atom. The molecule has 35 heavy (non-hydrogen) atoms. The molecule has 1 aromatic heterocycles. The first-order valence-corrected chi connectivity index (χ1v) is 12.9. The van der Waals surface area contributed by atoms with Crippen LogP contribution in [0.25, 0.3) is 16.2 Å². The first-order chi connectivity index (χ1) is 17.2. The number of hydrogen-bond donors (Lipinski definition) is 1. The van der Waals surface area contributed by atoms with Gasteiger partial charge in [-0.15, -0.1) is 0 Å². The molecule has 2 aliphatic rings. The number of piperazine rings is 1. The van der Waals surface area contributed by atoms with E-state index in [-0.39, 0.29) is 5.91 Å². The summed E-state index contributed by atoms with van der Waals surface area (Å²) in [6, 6.07) is 14.1. The number of carbonyl (C=O) groups is 1. The van der Waals surface area contributed by atoms with Gasteiger partial charge in [-0.1, -0.05) is 24.3 Å². The predicted molar refractivity (Wildman–Crippen MR) is 141 cm³/mol. The number of para-hydroxylation sites is 1. The van der Waals surface area contributed by atoms with E-state index in [9.17, 15) is 4.79 Å². The molecular formula is C27H32N4O3S. The molecule has 1 saturated carbocycles. The number of fused-ring (bicyclic) bond motifs is 1. The first kappa shape index (κ1) is 23.6. The Bertz CT molecular complexity index is 1200. The fraction of sp³-hybridized carbons (Fsp3) is 0.407. The smallest absolute Gasteiger partial charge is 0.244 e. The molecule has 0 spiro atoms. The Labute approximate surface area is 210 Å². The molecule has 2 fully saturated rings. The number of benzene rings is 2. The van der Waals surface area contributed by atoms with Gasteiger partial charge in [-0.2, -0.15) is 4.37 Å². The van der Waals surface area contributed by atoms with Crippen LogP contribution in [0.1, 0.15) is 12.0 Å². The third-order valence-electron chi connectivity index (χ3n) is 6.98. The van der Waals surface area contributed by atoms with Crippen LogP contribution in [0.3, 0.4) is 0 Å². The van der Waals surface area contributed by atoms with E-state index in [0.29, 0.717) is 23.3 Å². The summed E-state index contributed by atoms with van der Waals surface area (Å²) in [5.41, 5.74) is 0.816. The van der Waals surface area contributed by atoms with Crippen LogP contribution >= 0.6 is 11.5 Å². The second kappa shape index (κ2) is 10.7. The molecule has 2 unspecified atom stereocenters. The zero-order valence-electron chi connectivity index (χ0n) is 20.3. The van der Waals surface area contributed by atoms with Crippen molar-refractivity contribution in [3.05, 3.63) is 54.1 Å².